The number of nitrogens with one attached hydrogen (secondary N) is 2. The van der Waals surface area contributed by atoms with Crippen molar-refractivity contribution >= 4 is 45.7 Å². The highest BCUT2D eigenvalue weighted by atomic mass is 16.1. The lowest BCUT2D eigenvalue weighted by atomic mass is 9.98. The van der Waals surface area contributed by atoms with Gasteiger partial charge in [0.25, 0.3) is 0 Å². The molecular weight excluding hydrogens is 386 g/mol. The molecule has 2 N–H and O–H groups in total. The van der Waals surface area contributed by atoms with Crippen molar-refractivity contribution in [2.24, 2.45) is 4.99 Å². The van der Waals surface area contributed by atoms with E-state index < -0.39 is 0 Å². The lowest BCUT2D eigenvalue weighted by Crippen LogP contribution is -2.12. The number of pyridine rings is 1. The largest absolute Gasteiger partial charge is 0.352 e. The number of anilines is 4. The first-order chi connectivity index (χ1) is 15.0. The molecule has 0 radical (unpaired) electrons. The maximum absolute atomic E-state index is 12.6. The first kappa shape index (κ1) is 20.3. The van der Waals surface area contributed by atoms with Gasteiger partial charge in [0.15, 0.2) is 17.3 Å². The molecule has 1 aliphatic rings. The van der Waals surface area contributed by atoms with Gasteiger partial charge < -0.3 is 10.6 Å². The van der Waals surface area contributed by atoms with E-state index in [1.165, 1.54) is 0 Å². The molecule has 6 nitrogen and oxygen atoms in total. The van der Waals surface area contributed by atoms with Crippen molar-refractivity contribution in [1.29, 1.82) is 0 Å². The molecule has 2 heterocycles. The zero-order valence-corrected chi connectivity index (χ0v) is 17.8. The quantitative estimate of drug-likeness (QED) is 0.454. The highest BCUT2D eigenvalue weighted by molar-refractivity contribution is 6.16. The SMILES string of the molecule is [C-]#[N+]c1ccc(Nc2nccc(C)c2Nc2ccc3c(c2)C(=O)CC(CC)=N3)cc1C. The summed E-state index contributed by atoms with van der Waals surface area (Å²) in [7, 11) is 0. The molecule has 0 saturated carbocycles. The third-order valence-corrected chi connectivity index (χ3v) is 5.36. The van der Waals surface area contributed by atoms with Crippen LogP contribution in [0.25, 0.3) is 4.85 Å². The minimum absolute atomic E-state index is 0.0992. The van der Waals surface area contributed by atoms with Crippen LogP contribution in [0.5, 0.6) is 0 Å². The minimum Gasteiger partial charge on any atom is -0.352 e. The van der Waals surface area contributed by atoms with Gasteiger partial charge in [-0.1, -0.05) is 13.0 Å². The van der Waals surface area contributed by atoms with Gasteiger partial charge in [-0.3, -0.25) is 9.79 Å². The highest BCUT2D eigenvalue weighted by Gasteiger charge is 2.20. The van der Waals surface area contributed by atoms with E-state index in [4.69, 9.17) is 6.57 Å². The maximum Gasteiger partial charge on any atom is 0.190 e. The van der Waals surface area contributed by atoms with E-state index in [0.717, 1.165) is 46.0 Å². The van der Waals surface area contributed by atoms with Crippen LogP contribution in [0.1, 0.15) is 41.3 Å². The van der Waals surface area contributed by atoms with E-state index in [9.17, 15) is 4.79 Å². The number of aromatic nitrogens is 1. The van der Waals surface area contributed by atoms with Crippen molar-refractivity contribution in [3.05, 3.63) is 76.8 Å². The Hall–Kier alpha value is -3.98. The lowest BCUT2D eigenvalue weighted by molar-refractivity contribution is 0.0999. The number of ketones is 1. The number of carbonyl (C=O) groups excluding carboxylic acids is 1. The smallest absolute Gasteiger partial charge is 0.190 e. The predicted octanol–water partition coefficient (Wildman–Crippen LogP) is 6.81. The molecule has 1 aromatic heterocycles. The number of rotatable bonds is 5. The van der Waals surface area contributed by atoms with Gasteiger partial charge in [-0.25, -0.2) is 9.83 Å². The molecule has 1 aliphatic heterocycles. The molecular formula is C25H23N5O. The van der Waals surface area contributed by atoms with Gasteiger partial charge in [-0.05, 0) is 67.8 Å². The number of nitrogens with zero attached hydrogens (tertiary/aromatic N) is 3. The summed E-state index contributed by atoms with van der Waals surface area (Å²) in [5.41, 5.74) is 7.34. The average Bonchev–Trinajstić information content (AvgIpc) is 2.76. The van der Waals surface area contributed by atoms with Gasteiger partial charge in [-0.15, -0.1) is 0 Å². The number of aryl methyl sites for hydroxylation is 2. The number of hydrogen-bond acceptors (Lipinski definition) is 5. The number of Topliss-reactive ketones (excluding diaryl/α,β-unsaturated/α-hetero) is 1. The second-order valence-corrected chi connectivity index (χ2v) is 7.58. The van der Waals surface area contributed by atoms with Crippen molar-refractivity contribution in [2.45, 2.75) is 33.6 Å². The summed E-state index contributed by atoms with van der Waals surface area (Å²) in [6.45, 7) is 13.2. The van der Waals surface area contributed by atoms with Crippen molar-refractivity contribution in [3.8, 4) is 0 Å². The first-order valence-corrected chi connectivity index (χ1v) is 10.2. The highest BCUT2D eigenvalue weighted by Crippen LogP contribution is 2.34. The Morgan fingerprint density at radius 2 is 1.81 bits per heavy atom. The summed E-state index contributed by atoms with van der Waals surface area (Å²) in [6, 6.07) is 13.2. The molecule has 0 saturated heterocycles. The van der Waals surface area contributed by atoms with E-state index >= 15 is 0 Å². The molecule has 6 heteroatoms. The average molecular weight is 409 g/mol. The van der Waals surface area contributed by atoms with Crippen LogP contribution in [0.4, 0.5) is 34.3 Å². The fourth-order valence-corrected chi connectivity index (χ4v) is 3.58. The Balaban J connectivity index is 1.65. The van der Waals surface area contributed by atoms with E-state index in [0.29, 0.717) is 23.5 Å². The van der Waals surface area contributed by atoms with Crippen molar-refractivity contribution in [1.82, 2.24) is 4.98 Å². The Bertz CT molecular complexity index is 1250. The molecule has 0 amide bonds. The molecule has 31 heavy (non-hydrogen) atoms. The summed E-state index contributed by atoms with van der Waals surface area (Å²) >= 11 is 0. The fraction of sp³-hybridized carbons (Fsp3) is 0.200. The molecule has 3 aromatic rings. The van der Waals surface area contributed by atoms with Crippen LogP contribution >= 0.6 is 0 Å². The minimum atomic E-state index is 0.0992. The Kier molecular flexibility index (Phi) is 5.50. The van der Waals surface area contributed by atoms with Crippen LogP contribution in [-0.2, 0) is 0 Å². The molecule has 0 spiro atoms. The molecule has 4 rings (SSSR count). The summed E-state index contributed by atoms with van der Waals surface area (Å²) in [5.74, 6) is 0.771. The third-order valence-electron chi connectivity index (χ3n) is 5.36. The van der Waals surface area contributed by atoms with Gasteiger partial charge in [0.05, 0.1) is 17.9 Å². The van der Waals surface area contributed by atoms with Gasteiger partial charge in [0.2, 0.25) is 0 Å². The standard InChI is InChI=1S/C25H23N5O/c1-5-17-14-23(31)20-13-19(7-9-22(20)28-17)29-24-15(2)10-11-27-25(24)30-18-6-8-21(26-4)16(3)12-18/h6-13,29H,5,14H2,1-3H3,(H,27,30). The second-order valence-electron chi connectivity index (χ2n) is 7.58. The second kappa shape index (κ2) is 8.41. The van der Waals surface area contributed by atoms with Gasteiger partial charge in [0.1, 0.15) is 0 Å². The summed E-state index contributed by atoms with van der Waals surface area (Å²) in [6.07, 6.45) is 2.91. The normalized spacial score (nSPS) is 12.6. The van der Waals surface area contributed by atoms with Crippen LogP contribution in [0.15, 0.2) is 53.7 Å². The number of carbonyl (C=O) groups is 1. The molecule has 154 valence electrons. The van der Waals surface area contributed by atoms with Gasteiger partial charge >= 0.3 is 0 Å². The third kappa shape index (κ3) is 4.17. The lowest BCUT2D eigenvalue weighted by Gasteiger charge is -2.18. The van der Waals surface area contributed by atoms with Crippen LogP contribution in [-0.4, -0.2) is 16.5 Å². The van der Waals surface area contributed by atoms with E-state index in [-0.39, 0.29) is 5.78 Å². The topological polar surface area (TPSA) is 70.7 Å². The molecule has 2 aromatic carbocycles. The van der Waals surface area contributed by atoms with E-state index in [1.54, 1.807) is 12.3 Å². The molecule has 0 aliphatic carbocycles. The number of benzene rings is 2. The molecule has 0 unspecified atom stereocenters. The number of hydrogen-bond donors (Lipinski definition) is 2. The Morgan fingerprint density at radius 3 is 2.55 bits per heavy atom. The predicted molar refractivity (Wildman–Crippen MR) is 126 cm³/mol. The fourth-order valence-electron chi connectivity index (χ4n) is 3.58. The van der Waals surface area contributed by atoms with E-state index in [2.05, 4.69) is 25.5 Å². The Morgan fingerprint density at radius 1 is 1.03 bits per heavy atom. The molecule has 0 fully saturated rings. The van der Waals surface area contributed by atoms with Crippen LogP contribution in [0, 0.1) is 20.4 Å². The number of fused-ring (bicyclic) bond motifs is 1. The summed E-state index contributed by atoms with van der Waals surface area (Å²) in [4.78, 5) is 25.2. The van der Waals surface area contributed by atoms with Crippen molar-refractivity contribution in [2.75, 3.05) is 10.6 Å². The van der Waals surface area contributed by atoms with Crippen molar-refractivity contribution in [3.63, 3.8) is 0 Å². The van der Waals surface area contributed by atoms with Crippen molar-refractivity contribution < 1.29 is 4.79 Å². The first-order valence-electron chi connectivity index (χ1n) is 10.2. The Labute approximate surface area is 181 Å². The maximum atomic E-state index is 12.6. The van der Waals surface area contributed by atoms with Gasteiger partial charge in [-0.2, -0.15) is 0 Å². The summed E-state index contributed by atoms with van der Waals surface area (Å²) < 4.78 is 0. The van der Waals surface area contributed by atoms with Crippen LogP contribution in [0.2, 0.25) is 0 Å². The number of aliphatic imine (C=N–C) groups is 1. The molecule has 0 atom stereocenters. The van der Waals surface area contributed by atoms with Crippen LogP contribution < -0.4 is 10.6 Å². The monoisotopic (exact) mass is 409 g/mol. The molecule has 0 bridgehead atoms. The zero-order valence-electron chi connectivity index (χ0n) is 17.8. The van der Waals surface area contributed by atoms with E-state index in [1.807, 2.05) is 57.2 Å². The summed E-state index contributed by atoms with van der Waals surface area (Å²) in [5, 5.41) is 6.76. The van der Waals surface area contributed by atoms with Crippen LogP contribution in [0.3, 0.4) is 0 Å². The zero-order chi connectivity index (χ0) is 22.0. The van der Waals surface area contributed by atoms with Gasteiger partial charge in [0, 0.05) is 35.3 Å².